The van der Waals surface area contributed by atoms with E-state index in [1.54, 1.807) is 16.0 Å². The number of carbonyl (C=O) groups excluding carboxylic acids is 3. The van der Waals surface area contributed by atoms with Crippen molar-refractivity contribution in [2.24, 2.45) is 0 Å². The lowest BCUT2D eigenvalue weighted by molar-refractivity contribution is -0.129. The number of benzene rings is 2. The predicted octanol–water partition coefficient (Wildman–Crippen LogP) is 4.85. The summed E-state index contributed by atoms with van der Waals surface area (Å²) in [5.41, 5.74) is 3.11. The Morgan fingerprint density at radius 3 is 2.80 bits per heavy atom. The molecule has 3 atom stereocenters. The highest BCUT2D eigenvalue weighted by Gasteiger charge is 2.47. The van der Waals surface area contributed by atoms with Crippen molar-refractivity contribution in [3.05, 3.63) is 84.6 Å². The number of piperidine rings is 1. The molecule has 0 bridgehead atoms. The summed E-state index contributed by atoms with van der Waals surface area (Å²) in [5.74, 6) is 1.13. The summed E-state index contributed by atoms with van der Waals surface area (Å²) in [5, 5.41) is 6.32. The Morgan fingerprint density at radius 1 is 1.20 bits per heavy atom. The van der Waals surface area contributed by atoms with E-state index in [0.29, 0.717) is 30.2 Å². The first kappa shape index (κ1) is 25.9. The zero-order chi connectivity index (χ0) is 27.8. The number of aryl methyl sites for hydroxylation is 1. The number of ether oxygens (including phenoxy) is 1. The van der Waals surface area contributed by atoms with Crippen LogP contribution in [0, 0.1) is 6.92 Å². The largest absolute Gasteiger partial charge is 0.457 e. The van der Waals surface area contributed by atoms with Gasteiger partial charge in [-0.05, 0) is 67.8 Å². The molecule has 0 aliphatic carbocycles. The number of amides is 4. The maximum absolute atomic E-state index is 13.5. The van der Waals surface area contributed by atoms with Crippen molar-refractivity contribution in [1.29, 1.82) is 0 Å². The van der Waals surface area contributed by atoms with E-state index in [2.05, 4.69) is 22.2 Å². The highest BCUT2D eigenvalue weighted by atomic mass is 32.2. The number of nitrogens with one attached hydrogen (secondary N) is 2. The number of rotatable bonds is 6. The topological polar surface area (TPSA) is 104 Å². The van der Waals surface area contributed by atoms with Crippen molar-refractivity contribution in [3.8, 4) is 11.5 Å². The van der Waals surface area contributed by atoms with E-state index >= 15 is 0 Å². The lowest BCUT2D eigenvalue weighted by Crippen LogP contribution is -2.53. The van der Waals surface area contributed by atoms with Gasteiger partial charge >= 0.3 is 6.03 Å². The van der Waals surface area contributed by atoms with Gasteiger partial charge in [0.25, 0.3) is 0 Å². The molecule has 40 heavy (non-hydrogen) atoms. The molecule has 0 saturated carbocycles. The highest BCUT2D eigenvalue weighted by Crippen LogP contribution is 2.50. The number of hydrogen-bond donors (Lipinski definition) is 2. The second-order valence-electron chi connectivity index (χ2n) is 10.1. The molecule has 2 unspecified atom stereocenters. The standard InChI is InChI=1S/C30H29N5O4S/c1-3-24(36)34-15-7-8-19(17-34)32-28(37)27-26-25-22(13-14-31-29(25)40-27)35(30(38)33-26)20-11-12-23(18(2)16-20)39-21-9-5-4-6-10-21/h3-6,9-14,16,19,26-27H,1,7-8,15,17H2,2H3,(H,32,37)(H,33,38)/t19?,26?,27-/m1/s1. The summed E-state index contributed by atoms with van der Waals surface area (Å²) in [6.45, 7) is 6.60. The predicted molar refractivity (Wildman–Crippen MR) is 153 cm³/mol. The number of urea groups is 1. The quantitative estimate of drug-likeness (QED) is 0.422. The Kier molecular flexibility index (Phi) is 6.93. The Morgan fingerprint density at radius 2 is 2.02 bits per heavy atom. The molecule has 3 aliphatic heterocycles. The summed E-state index contributed by atoms with van der Waals surface area (Å²) in [6.07, 6.45) is 4.56. The SMILES string of the molecule is C=CC(=O)N1CCCC(NC(=O)[C@@H]2Sc3nccc4c3C2NC(=O)N4c2ccc(Oc3ccccc3)c(C)c2)C1. The zero-order valence-electron chi connectivity index (χ0n) is 22.0. The number of aromatic nitrogens is 1. The first-order valence-electron chi connectivity index (χ1n) is 13.2. The Bertz CT molecular complexity index is 1500. The van der Waals surface area contributed by atoms with Crippen LogP contribution in [0.3, 0.4) is 0 Å². The first-order valence-corrected chi connectivity index (χ1v) is 14.1. The Hall–Kier alpha value is -4.31. The fourth-order valence-corrected chi connectivity index (χ4v) is 6.73. The number of thioether (sulfide) groups is 1. The minimum atomic E-state index is -0.566. The van der Waals surface area contributed by atoms with Crippen LogP contribution in [0.25, 0.3) is 0 Å². The number of likely N-dealkylation sites (tertiary alicyclic amines) is 1. The minimum Gasteiger partial charge on any atom is -0.457 e. The lowest BCUT2D eigenvalue weighted by atomic mass is 9.99. The molecule has 1 saturated heterocycles. The third kappa shape index (κ3) is 4.79. The number of anilines is 2. The Balaban J connectivity index is 1.22. The van der Waals surface area contributed by atoms with Gasteiger partial charge in [0, 0.05) is 30.9 Å². The lowest BCUT2D eigenvalue weighted by Gasteiger charge is -2.35. The molecule has 4 heterocycles. The number of para-hydroxylation sites is 1. The molecule has 6 rings (SSSR count). The first-order chi connectivity index (χ1) is 19.4. The third-order valence-electron chi connectivity index (χ3n) is 7.41. The fraction of sp³-hybridized carbons (Fsp3) is 0.267. The summed E-state index contributed by atoms with van der Waals surface area (Å²) in [6, 6.07) is 16.0. The second-order valence-corrected chi connectivity index (χ2v) is 11.2. The third-order valence-corrected chi connectivity index (χ3v) is 8.69. The van der Waals surface area contributed by atoms with Crippen molar-refractivity contribution in [3.63, 3.8) is 0 Å². The van der Waals surface area contributed by atoms with Gasteiger partial charge in [0.15, 0.2) is 0 Å². The smallest absolute Gasteiger partial charge is 0.327 e. The zero-order valence-corrected chi connectivity index (χ0v) is 22.8. The average Bonchev–Trinajstić information content (AvgIpc) is 3.34. The van der Waals surface area contributed by atoms with Crippen molar-refractivity contribution in [1.82, 2.24) is 20.5 Å². The molecule has 9 nitrogen and oxygen atoms in total. The van der Waals surface area contributed by atoms with Gasteiger partial charge in [0.1, 0.15) is 21.8 Å². The fourth-order valence-electron chi connectivity index (χ4n) is 5.49. The van der Waals surface area contributed by atoms with Gasteiger partial charge < -0.3 is 20.3 Å². The van der Waals surface area contributed by atoms with Crippen LogP contribution >= 0.6 is 11.8 Å². The summed E-state index contributed by atoms with van der Waals surface area (Å²) >= 11 is 1.36. The molecule has 1 aromatic heterocycles. The number of carbonyl (C=O) groups is 3. The molecule has 3 aromatic rings. The molecule has 0 spiro atoms. The molecule has 3 aliphatic rings. The van der Waals surface area contributed by atoms with Crippen LogP contribution in [-0.4, -0.2) is 52.1 Å². The summed E-state index contributed by atoms with van der Waals surface area (Å²) in [4.78, 5) is 46.9. The monoisotopic (exact) mass is 555 g/mol. The van der Waals surface area contributed by atoms with Crippen molar-refractivity contribution in [2.75, 3.05) is 18.0 Å². The van der Waals surface area contributed by atoms with Gasteiger partial charge in [-0.2, -0.15) is 0 Å². The van der Waals surface area contributed by atoms with E-state index in [0.717, 1.165) is 34.7 Å². The van der Waals surface area contributed by atoms with E-state index in [1.165, 1.54) is 17.8 Å². The van der Waals surface area contributed by atoms with Gasteiger partial charge in [0.05, 0.1) is 17.4 Å². The van der Waals surface area contributed by atoms with Crippen LogP contribution in [0.1, 0.15) is 30.0 Å². The van der Waals surface area contributed by atoms with Crippen LogP contribution in [0.2, 0.25) is 0 Å². The molecule has 4 amide bonds. The van der Waals surface area contributed by atoms with Crippen LogP contribution < -0.4 is 20.3 Å². The Labute approximate surface area is 236 Å². The van der Waals surface area contributed by atoms with E-state index in [9.17, 15) is 14.4 Å². The molecular weight excluding hydrogens is 526 g/mol. The van der Waals surface area contributed by atoms with Gasteiger partial charge in [-0.25, -0.2) is 9.78 Å². The maximum Gasteiger partial charge on any atom is 0.327 e. The number of nitrogens with zero attached hydrogens (tertiary/aromatic N) is 3. The van der Waals surface area contributed by atoms with Crippen LogP contribution in [0.15, 0.2) is 78.5 Å². The molecule has 2 aromatic carbocycles. The van der Waals surface area contributed by atoms with Gasteiger partial charge in [-0.15, -0.1) is 0 Å². The normalized spacial score (nSPS) is 21.3. The number of hydrogen-bond acceptors (Lipinski definition) is 6. The maximum atomic E-state index is 13.5. The molecule has 204 valence electrons. The van der Waals surface area contributed by atoms with E-state index in [1.807, 2.05) is 61.5 Å². The minimum absolute atomic E-state index is 0.134. The molecule has 2 N–H and O–H groups in total. The van der Waals surface area contributed by atoms with Crippen LogP contribution in [-0.2, 0) is 9.59 Å². The summed E-state index contributed by atoms with van der Waals surface area (Å²) in [7, 11) is 0. The van der Waals surface area contributed by atoms with Crippen molar-refractivity contribution < 1.29 is 19.1 Å². The van der Waals surface area contributed by atoms with E-state index < -0.39 is 11.3 Å². The van der Waals surface area contributed by atoms with Crippen LogP contribution in [0.4, 0.5) is 16.2 Å². The van der Waals surface area contributed by atoms with Crippen molar-refractivity contribution >= 4 is 41.0 Å². The molecule has 1 fully saturated rings. The molecular formula is C30H29N5O4S. The van der Waals surface area contributed by atoms with Gasteiger partial charge in [-0.1, -0.05) is 36.5 Å². The van der Waals surface area contributed by atoms with E-state index in [4.69, 9.17) is 4.74 Å². The van der Waals surface area contributed by atoms with Crippen molar-refractivity contribution in [2.45, 2.75) is 42.1 Å². The van der Waals surface area contributed by atoms with Gasteiger partial charge in [-0.3, -0.25) is 14.5 Å². The van der Waals surface area contributed by atoms with Gasteiger partial charge in [0.2, 0.25) is 11.8 Å². The number of pyridine rings is 1. The molecule has 0 radical (unpaired) electrons. The highest BCUT2D eigenvalue weighted by molar-refractivity contribution is 8.01. The second kappa shape index (κ2) is 10.7. The summed E-state index contributed by atoms with van der Waals surface area (Å²) < 4.78 is 6.02. The average molecular weight is 556 g/mol. The van der Waals surface area contributed by atoms with Crippen LogP contribution in [0.5, 0.6) is 11.5 Å². The van der Waals surface area contributed by atoms with E-state index in [-0.39, 0.29) is 23.9 Å². The molecule has 10 heteroatoms.